The smallest absolute Gasteiger partial charge is 0.347 e. The summed E-state index contributed by atoms with van der Waals surface area (Å²) in [7, 11) is 0. The third kappa shape index (κ3) is 21.5. The van der Waals surface area contributed by atoms with Crippen LogP contribution in [-0.4, -0.2) is 101 Å². The van der Waals surface area contributed by atoms with Crippen molar-refractivity contribution in [2.45, 2.75) is 181 Å². The minimum absolute atomic E-state index is 0. The molecule has 16 heteroatoms. The number of carbonyl (C=O) groups is 5. The van der Waals surface area contributed by atoms with Gasteiger partial charge in [-0.25, -0.2) is 4.79 Å². The zero-order valence-corrected chi connectivity index (χ0v) is 60.9. The Bertz CT molecular complexity index is 4220. The summed E-state index contributed by atoms with van der Waals surface area (Å²) in [4.78, 5) is 72.3. The molecule has 101 heavy (non-hydrogen) atoms. The number of ketones is 4. The maximum absolute atomic E-state index is 12.3. The number of aliphatic carboxylic acids is 1. The maximum Gasteiger partial charge on any atom is 0.347 e. The molecule has 3 aromatic carbocycles. The van der Waals surface area contributed by atoms with Crippen molar-refractivity contribution in [2.75, 3.05) is 13.2 Å². The van der Waals surface area contributed by atoms with Crippen LogP contribution in [0.3, 0.4) is 0 Å². The Kier molecular flexibility index (Phi) is 30.4. The Morgan fingerprint density at radius 3 is 1.53 bits per heavy atom. The van der Waals surface area contributed by atoms with E-state index in [4.69, 9.17) is 14.3 Å². The monoisotopic (exact) mass is 1380 g/mol. The van der Waals surface area contributed by atoms with Crippen molar-refractivity contribution in [3.63, 3.8) is 0 Å². The van der Waals surface area contributed by atoms with Crippen LogP contribution in [0.4, 0.5) is 0 Å². The van der Waals surface area contributed by atoms with Crippen LogP contribution >= 0.6 is 0 Å². The van der Waals surface area contributed by atoms with Crippen LogP contribution in [-0.2, 0) is 30.4 Å². The normalized spacial score (nSPS) is 20.0. The fourth-order valence-corrected chi connectivity index (χ4v) is 12.0. The molecule has 1 aliphatic heterocycles. The number of fused-ring (bicyclic) bond motifs is 2. The Morgan fingerprint density at radius 1 is 0.594 bits per heavy atom. The number of aliphatic hydroxyl groups is 4. The SMILES string of the molecule is C.CC/C(C)=C/CC1=C(C)C(=O)C(CO)=C(CO)C1=O.CC1=C(/C=C/C(C)=C/C=C/C(C)=C/C=C/C=C(C)/C=C/C=C(C)/C=C/C2=C(C)C(=O)C(O)CC2(C)C)C(C)(C)CC(O)C1=O.Cc1c(C)c2c(c(C)c1O)CCC(C)(C(=O)O)O2.O=c1c(-c2ccc(O)cc2)coc2cc(O)ccc12. The van der Waals surface area contributed by atoms with E-state index in [-0.39, 0.29) is 75.2 Å². The lowest BCUT2D eigenvalue weighted by molar-refractivity contribution is -0.155. The molecule has 8 N–H and O–H groups in total. The number of aliphatic hydroxyl groups excluding tert-OH is 4. The van der Waals surface area contributed by atoms with Gasteiger partial charge in [0.2, 0.25) is 5.60 Å². The van der Waals surface area contributed by atoms with Crippen molar-refractivity contribution >= 4 is 40.1 Å². The van der Waals surface area contributed by atoms with Gasteiger partial charge < -0.3 is 50.0 Å². The summed E-state index contributed by atoms with van der Waals surface area (Å²) in [5.41, 5.74) is 12.5. The summed E-state index contributed by atoms with van der Waals surface area (Å²) in [6.45, 7) is 31.6. The number of rotatable bonds is 17. The fraction of sp³-hybridized carbons (Fsp3) is 0.365. The highest BCUT2D eigenvalue weighted by Gasteiger charge is 2.42. The van der Waals surface area contributed by atoms with Crippen LogP contribution in [0.5, 0.6) is 23.0 Å². The van der Waals surface area contributed by atoms with E-state index in [0.29, 0.717) is 82.2 Å². The molecule has 2 heterocycles. The van der Waals surface area contributed by atoms with Gasteiger partial charge in [0.25, 0.3) is 0 Å². The van der Waals surface area contributed by atoms with Crippen LogP contribution in [0.15, 0.2) is 222 Å². The summed E-state index contributed by atoms with van der Waals surface area (Å²) in [5, 5.41) is 76.7. The maximum atomic E-state index is 12.3. The van der Waals surface area contributed by atoms with Crippen LogP contribution in [0.25, 0.3) is 22.1 Å². The van der Waals surface area contributed by atoms with E-state index in [1.807, 2.05) is 115 Å². The van der Waals surface area contributed by atoms with Crippen molar-refractivity contribution in [1.82, 2.24) is 0 Å². The van der Waals surface area contributed by atoms with Gasteiger partial charge in [0.05, 0.1) is 24.2 Å². The molecule has 3 aliphatic carbocycles. The first-order chi connectivity index (χ1) is 46.9. The number of carboxylic acids is 1. The minimum atomic E-state index is -1.17. The average Bonchev–Trinajstić information content (AvgIpc) is 0.770. The number of carboxylic acid groups (broad SMARTS) is 1. The molecule has 0 spiro atoms. The summed E-state index contributed by atoms with van der Waals surface area (Å²) in [5.74, 6) is -0.875. The molecule has 4 aromatic rings. The van der Waals surface area contributed by atoms with Gasteiger partial charge in [0.15, 0.2) is 28.6 Å². The van der Waals surface area contributed by atoms with Gasteiger partial charge in [0, 0.05) is 40.3 Å². The number of carbonyl (C=O) groups excluding carboxylic acids is 4. The van der Waals surface area contributed by atoms with E-state index in [1.165, 1.54) is 36.6 Å². The van der Waals surface area contributed by atoms with Crippen LogP contribution < -0.4 is 10.2 Å². The largest absolute Gasteiger partial charge is 0.508 e. The Balaban J connectivity index is 0.000000313. The van der Waals surface area contributed by atoms with Gasteiger partial charge in [0.1, 0.15) is 47.1 Å². The summed E-state index contributed by atoms with van der Waals surface area (Å²) < 4.78 is 11.1. The number of benzene rings is 3. The molecule has 0 saturated heterocycles. The molecule has 16 nitrogen and oxygen atoms in total. The second kappa shape index (κ2) is 36.7. The number of phenols is 3. The highest BCUT2D eigenvalue weighted by Crippen LogP contribution is 2.44. The van der Waals surface area contributed by atoms with E-state index in [0.717, 1.165) is 67.7 Å². The topological polar surface area (TPSA) is 287 Å². The van der Waals surface area contributed by atoms with E-state index >= 15 is 0 Å². The van der Waals surface area contributed by atoms with Gasteiger partial charge in [-0.2, -0.15) is 0 Å². The van der Waals surface area contributed by atoms with Crippen LogP contribution in [0.2, 0.25) is 0 Å². The first-order valence-electron chi connectivity index (χ1n) is 33.5. The lowest BCUT2D eigenvalue weighted by Gasteiger charge is -2.34. The van der Waals surface area contributed by atoms with Crippen molar-refractivity contribution in [1.29, 1.82) is 0 Å². The predicted octanol–water partition coefficient (Wildman–Crippen LogP) is 16.4. The molecule has 4 aliphatic rings. The van der Waals surface area contributed by atoms with Gasteiger partial charge >= 0.3 is 5.97 Å². The third-order valence-electron chi connectivity index (χ3n) is 18.7. The molecule has 0 radical (unpaired) electrons. The lowest BCUT2D eigenvalue weighted by atomic mass is 9.71. The Hall–Kier alpha value is -9.58. The molecular formula is C85H104O16. The molecule has 8 rings (SSSR count). The summed E-state index contributed by atoms with van der Waals surface area (Å²) in [6, 6.07) is 10.7. The van der Waals surface area contributed by atoms with Crippen molar-refractivity contribution in [2.24, 2.45) is 10.8 Å². The summed E-state index contributed by atoms with van der Waals surface area (Å²) >= 11 is 0. The minimum Gasteiger partial charge on any atom is -0.508 e. The number of ether oxygens (including phenoxy) is 1. The standard InChI is InChI=1S/C40H52O4.C15H10O4.C15H20O4.C14H18O4.CH4/c1-27(17-13-19-29(3)21-23-33-31(5)37(43)35(41)25-39(33,7)8)15-11-12-16-28(2)18-14-20-30(4)22-24-34-32(6)38(44)36(42)26-40(34,9)10;16-10-3-1-9(2-4-10)13-8-19-14-7-11(17)5-6-12(14)15(13)18;1-4-9(2)5-6-11-10(3)14(18)12(7-16)13(8-17)15(11)19;1-7-8(2)12-10(9(3)11(7)15)5-6-14(4,18-12)13(16)17;/h11-24,35-36,41-42H,25-26H2,1-10H3;1-8,16-17H;5,16-17H,4,6-8H2,1-3H3;15H,5-6H2,1-4H3,(H,16,17);1H4/b12-11+,17-13+,18-14+,23-21+,24-22+,27-15+,28-16+,29-19+,30-20+;;9-5+;;. The molecule has 3 atom stereocenters. The molecule has 540 valence electrons. The van der Waals surface area contributed by atoms with Crippen molar-refractivity contribution < 1.29 is 74.0 Å². The predicted molar refractivity (Wildman–Crippen MR) is 403 cm³/mol. The number of phenolic OH excluding ortho intramolecular Hbond substituents is 3. The Morgan fingerprint density at radius 2 is 1.06 bits per heavy atom. The highest BCUT2D eigenvalue weighted by atomic mass is 16.5. The fourth-order valence-electron chi connectivity index (χ4n) is 12.0. The second-order valence-electron chi connectivity index (χ2n) is 27.4. The quantitative estimate of drug-likeness (QED) is 0.0277. The van der Waals surface area contributed by atoms with Crippen molar-refractivity contribution in [3.05, 3.63) is 245 Å². The van der Waals surface area contributed by atoms with Crippen LogP contribution in [0.1, 0.15) is 159 Å². The molecule has 0 fully saturated rings. The second-order valence-corrected chi connectivity index (χ2v) is 27.4. The molecule has 0 amide bonds. The number of hydrogen-bond acceptors (Lipinski definition) is 15. The molecule has 0 saturated carbocycles. The first-order valence-corrected chi connectivity index (χ1v) is 33.5. The van der Waals surface area contributed by atoms with Crippen molar-refractivity contribution in [3.8, 4) is 34.1 Å². The lowest BCUT2D eigenvalue weighted by Crippen LogP contribution is -2.44. The molecule has 0 bridgehead atoms. The Labute approximate surface area is 595 Å². The van der Waals surface area contributed by atoms with Gasteiger partial charge in [-0.1, -0.05) is 173 Å². The number of hydrogen-bond donors (Lipinski definition) is 8. The molecule has 3 unspecified atom stereocenters. The van der Waals surface area contributed by atoms with E-state index < -0.39 is 37.0 Å². The first kappa shape index (κ1) is 83.8. The number of allylic oxidation sites excluding steroid dienone is 24. The van der Waals surface area contributed by atoms with Gasteiger partial charge in [-0.3, -0.25) is 24.0 Å². The zero-order valence-electron chi connectivity index (χ0n) is 60.9. The summed E-state index contributed by atoms with van der Waals surface area (Å²) in [6.07, 6.45) is 33.1. The van der Waals surface area contributed by atoms with Crippen LogP contribution in [0, 0.1) is 31.6 Å². The van der Waals surface area contributed by atoms with E-state index in [9.17, 15) is 64.5 Å². The zero-order chi connectivity index (χ0) is 74.9. The molecular weight excluding hydrogens is 1280 g/mol. The number of aromatic hydroxyl groups is 3. The average molecular weight is 1380 g/mol. The highest BCUT2D eigenvalue weighted by molar-refractivity contribution is 6.25. The van der Waals surface area contributed by atoms with Gasteiger partial charge in [-0.15, -0.1) is 0 Å². The van der Waals surface area contributed by atoms with E-state index in [2.05, 4.69) is 65.8 Å². The molecule has 1 aromatic heterocycles. The third-order valence-corrected chi connectivity index (χ3v) is 18.7. The van der Waals surface area contributed by atoms with E-state index in [1.54, 1.807) is 39.8 Å². The van der Waals surface area contributed by atoms with Gasteiger partial charge in [-0.05, 0) is 195 Å². The number of Topliss-reactive ketones (excluding diaryl/α,β-unsaturated/α-hetero) is 4.